The number of aryl methyl sites for hydroxylation is 2. The normalized spacial score (nSPS) is 11.7. The fraction of sp³-hybridized carbons (Fsp3) is 0.167. The average Bonchev–Trinajstić information content (AvgIpc) is 2.78. The molecule has 0 saturated heterocycles. The molecule has 0 N–H and O–H groups in total. The SMILES string of the molecule is CCn1c2ccccc2c2cc3cc(C)ccc3nc21. The number of hydrogen-bond donors (Lipinski definition) is 0. The summed E-state index contributed by atoms with van der Waals surface area (Å²) in [6.07, 6.45) is 0. The minimum atomic E-state index is 0.939. The van der Waals surface area contributed by atoms with Gasteiger partial charge in [0.25, 0.3) is 0 Å². The lowest BCUT2D eigenvalue weighted by atomic mass is 10.1. The molecule has 2 aromatic heterocycles. The summed E-state index contributed by atoms with van der Waals surface area (Å²) in [6, 6.07) is 17.3. The first-order valence-electron chi connectivity index (χ1n) is 7.06. The third-order valence-corrected chi connectivity index (χ3v) is 4.01. The zero-order valence-electron chi connectivity index (χ0n) is 11.7. The maximum absolute atomic E-state index is 4.89. The van der Waals surface area contributed by atoms with E-state index in [1.165, 1.54) is 27.2 Å². The molecule has 20 heavy (non-hydrogen) atoms. The molecule has 0 aliphatic carbocycles. The van der Waals surface area contributed by atoms with Crippen LogP contribution in [0.2, 0.25) is 0 Å². The van der Waals surface area contributed by atoms with Crippen molar-refractivity contribution in [2.45, 2.75) is 20.4 Å². The van der Waals surface area contributed by atoms with Gasteiger partial charge in [-0.2, -0.15) is 0 Å². The molecule has 0 unspecified atom stereocenters. The predicted octanol–water partition coefficient (Wildman–Crippen LogP) is 4.67. The number of hydrogen-bond acceptors (Lipinski definition) is 1. The van der Waals surface area contributed by atoms with E-state index in [2.05, 4.69) is 66.9 Å². The summed E-state index contributed by atoms with van der Waals surface area (Å²) in [5, 5.41) is 3.76. The second-order valence-electron chi connectivity index (χ2n) is 5.32. The van der Waals surface area contributed by atoms with E-state index < -0.39 is 0 Å². The maximum atomic E-state index is 4.89. The zero-order valence-corrected chi connectivity index (χ0v) is 11.7. The van der Waals surface area contributed by atoms with Gasteiger partial charge in [0.2, 0.25) is 0 Å². The van der Waals surface area contributed by atoms with Crippen molar-refractivity contribution >= 4 is 32.8 Å². The van der Waals surface area contributed by atoms with Crippen molar-refractivity contribution in [1.29, 1.82) is 0 Å². The molecule has 2 heterocycles. The van der Waals surface area contributed by atoms with Crippen LogP contribution in [0.1, 0.15) is 12.5 Å². The molecular weight excluding hydrogens is 244 g/mol. The van der Waals surface area contributed by atoms with Crippen LogP contribution in [0, 0.1) is 6.92 Å². The quantitative estimate of drug-likeness (QED) is 0.486. The van der Waals surface area contributed by atoms with Crippen molar-refractivity contribution in [2.75, 3.05) is 0 Å². The van der Waals surface area contributed by atoms with Gasteiger partial charge >= 0.3 is 0 Å². The minimum absolute atomic E-state index is 0.939. The predicted molar refractivity (Wildman–Crippen MR) is 85.2 cm³/mol. The summed E-state index contributed by atoms with van der Waals surface area (Å²) in [5.74, 6) is 0. The number of rotatable bonds is 1. The number of fused-ring (bicyclic) bond motifs is 4. The number of nitrogens with zero attached hydrogens (tertiary/aromatic N) is 2. The van der Waals surface area contributed by atoms with Crippen LogP contribution in [-0.4, -0.2) is 9.55 Å². The highest BCUT2D eigenvalue weighted by Gasteiger charge is 2.11. The highest BCUT2D eigenvalue weighted by molar-refractivity contribution is 6.10. The zero-order chi connectivity index (χ0) is 13.7. The highest BCUT2D eigenvalue weighted by atomic mass is 15.0. The molecule has 2 nitrogen and oxygen atoms in total. The van der Waals surface area contributed by atoms with Gasteiger partial charge in [0, 0.05) is 22.7 Å². The summed E-state index contributed by atoms with van der Waals surface area (Å²) in [7, 11) is 0. The highest BCUT2D eigenvalue weighted by Crippen LogP contribution is 2.30. The Kier molecular flexibility index (Phi) is 2.34. The smallest absolute Gasteiger partial charge is 0.141 e. The summed E-state index contributed by atoms with van der Waals surface area (Å²) in [4.78, 5) is 4.89. The van der Waals surface area contributed by atoms with Gasteiger partial charge in [0.1, 0.15) is 5.65 Å². The fourth-order valence-corrected chi connectivity index (χ4v) is 3.06. The first-order valence-corrected chi connectivity index (χ1v) is 7.06. The fourth-order valence-electron chi connectivity index (χ4n) is 3.06. The van der Waals surface area contributed by atoms with Crippen molar-refractivity contribution in [3.8, 4) is 0 Å². The van der Waals surface area contributed by atoms with Gasteiger partial charge in [0.15, 0.2) is 0 Å². The van der Waals surface area contributed by atoms with Gasteiger partial charge in [-0.3, -0.25) is 0 Å². The Labute approximate surface area is 117 Å². The van der Waals surface area contributed by atoms with Gasteiger partial charge in [-0.25, -0.2) is 4.98 Å². The van der Waals surface area contributed by atoms with E-state index in [4.69, 9.17) is 4.98 Å². The molecule has 2 aromatic carbocycles. The molecule has 0 bridgehead atoms. The Morgan fingerprint density at radius 3 is 2.70 bits per heavy atom. The third kappa shape index (κ3) is 1.48. The molecule has 0 amide bonds. The minimum Gasteiger partial charge on any atom is -0.326 e. The van der Waals surface area contributed by atoms with E-state index >= 15 is 0 Å². The molecule has 0 spiro atoms. The lowest BCUT2D eigenvalue weighted by Gasteiger charge is -2.03. The molecule has 2 heteroatoms. The van der Waals surface area contributed by atoms with E-state index in [9.17, 15) is 0 Å². The van der Waals surface area contributed by atoms with Crippen LogP contribution in [0.3, 0.4) is 0 Å². The van der Waals surface area contributed by atoms with E-state index in [1.807, 2.05) is 0 Å². The van der Waals surface area contributed by atoms with E-state index in [0.29, 0.717) is 0 Å². The maximum Gasteiger partial charge on any atom is 0.141 e. The van der Waals surface area contributed by atoms with Crippen LogP contribution in [0.5, 0.6) is 0 Å². The second-order valence-corrected chi connectivity index (χ2v) is 5.32. The third-order valence-electron chi connectivity index (χ3n) is 4.01. The number of aromatic nitrogens is 2. The molecular formula is C18H16N2. The molecule has 0 atom stereocenters. The van der Waals surface area contributed by atoms with Crippen molar-refractivity contribution in [2.24, 2.45) is 0 Å². The molecule has 4 aromatic rings. The Bertz CT molecular complexity index is 948. The Balaban J connectivity index is 2.26. The summed E-state index contributed by atoms with van der Waals surface area (Å²) in [5.41, 5.74) is 4.70. The molecule has 0 aliphatic heterocycles. The van der Waals surface area contributed by atoms with Crippen LogP contribution in [0.15, 0.2) is 48.5 Å². The topological polar surface area (TPSA) is 17.8 Å². The van der Waals surface area contributed by atoms with E-state index in [-0.39, 0.29) is 0 Å². The number of pyridine rings is 1. The number of para-hydroxylation sites is 1. The molecule has 0 saturated carbocycles. The van der Waals surface area contributed by atoms with Gasteiger partial charge in [0.05, 0.1) is 11.0 Å². The number of benzene rings is 2. The average molecular weight is 260 g/mol. The standard InChI is InChI=1S/C18H16N2/c1-3-20-17-7-5-4-6-14(17)15-11-13-10-12(2)8-9-16(13)19-18(15)20/h4-11H,3H2,1-2H3. The molecule has 4 rings (SSSR count). The summed E-state index contributed by atoms with van der Waals surface area (Å²) in [6.45, 7) is 5.24. The molecule has 0 aliphatic rings. The lowest BCUT2D eigenvalue weighted by molar-refractivity contribution is 0.818. The second kappa shape index (κ2) is 4.07. The van der Waals surface area contributed by atoms with Crippen LogP contribution in [0.25, 0.3) is 32.8 Å². The Morgan fingerprint density at radius 1 is 1.00 bits per heavy atom. The molecule has 0 fully saturated rings. The lowest BCUT2D eigenvalue weighted by Crippen LogP contribution is -1.95. The van der Waals surface area contributed by atoms with E-state index in [1.54, 1.807) is 0 Å². The summed E-state index contributed by atoms with van der Waals surface area (Å²) < 4.78 is 2.30. The van der Waals surface area contributed by atoms with Crippen LogP contribution >= 0.6 is 0 Å². The van der Waals surface area contributed by atoms with Gasteiger partial charge in [-0.05, 0) is 38.1 Å². The van der Waals surface area contributed by atoms with Crippen molar-refractivity contribution < 1.29 is 0 Å². The largest absolute Gasteiger partial charge is 0.326 e. The van der Waals surface area contributed by atoms with Gasteiger partial charge < -0.3 is 4.57 Å². The Hall–Kier alpha value is -2.35. The van der Waals surface area contributed by atoms with E-state index in [0.717, 1.165) is 17.7 Å². The van der Waals surface area contributed by atoms with Gasteiger partial charge in [-0.15, -0.1) is 0 Å². The van der Waals surface area contributed by atoms with Gasteiger partial charge in [-0.1, -0.05) is 29.8 Å². The summed E-state index contributed by atoms with van der Waals surface area (Å²) >= 11 is 0. The first-order chi connectivity index (χ1) is 9.78. The monoisotopic (exact) mass is 260 g/mol. The van der Waals surface area contributed by atoms with Crippen molar-refractivity contribution in [1.82, 2.24) is 9.55 Å². The first kappa shape index (κ1) is 11.5. The van der Waals surface area contributed by atoms with Crippen LogP contribution in [-0.2, 0) is 6.54 Å². The van der Waals surface area contributed by atoms with Crippen LogP contribution < -0.4 is 0 Å². The Morgan fingerprint density at radius 2 is 1.85 bits per heavy atom. The van der Waals surface area contributed by atoms with Crippen molar-refractivity contribution in [3.05, 3.63) is 54.1 Å². The molecule has 98 valence electrons. The van der Waals surface area contributed by atoms with Crippen molar-refractivity contribution in [3.63, 3.8) is 0 Å². The van der Waals surface area contributed by atoms with Crippen LogP contribution in [0.4, 0.5) is 0 Å². The molecule has 0 radical (unpaired) electrons.